The van der Waals surface area contributed by atoms with Gasteiger partial charge in [0.05, 0.1) is 22.9 Å². The number of aliphatic hydroxyl groups is 1. The number of aliphatic hydroxyl groups excluding tert-OH is 1. The fourth-order valence-corrected chi connectivity index (χ4v) is 1.70. The van der Waals surface area contributed by atoms with Gasteiger partial charge in [0.2, 0.25) is 0 Å². The third-order valence-electron chi connectivity index (χ3n) is 2.78. The summed E-state index contributed by atoms with van der Waals surface area (Å²) in [6.07, 6.45) is 0.769. The van der Waals surface area contributed by atoms with Crippen molar-refractivity contribution in [3.05, 3.63) is 28.8 Å². The number of anilines is 1. The molecule has 0 saturated carbocycles. The van der Waals surface area contributed by atoms with E-state index in [1.54, 1.807) is 18.2 Å². The number of aldehydes is 1. The molecule has 88 valence electrons. The lowest BCUT2D eigenvalue weighted by molar-refractivity contribution is 0.112. The van der Waals surface area contributed by atoms with Gasteiger partial charge in [-0.1, -0.05) is 17.7 Å². The molecule has 0 bridgehead atoms. The van der Waals surface area contributed by atoms with Gasteiger partial charge in [-0.15, -0.1) is 0 Å². The van der Waals surface area contributed by atoms with Crippen molar-refractivity contribution in [1.82, 2.24) is 0 Å². The highest BCUT2D eigenvalue weighted by molar-refractivity contribution is 6.34. The Bertz CT molecular complexity index is 391. The van der Waals surface area contributed by atoms with Crippen molar-refractivity contribution in [2.45, 2.75) is 19.4 Å². The van der Waals surface area contributed by atoms with E-state index >= 15 is 0 Å². The minimum atomic E-state index is -0.469. The first-order valence-electron chi connectivity index (χ1n) is 5.02. The molecule has 0 aliphatic rings. The van der Waals surface area contributed by atoms with Gasteiger partial charge in [0.15, 0.2) is 6.29 Å². The normalized spacial score (nSPS) is 11.3. The summed E-state index contributed by atoms with van der Waals surface area (Å²) < 4.78 is 0. The number of carbonyl (C=O) groups excluding carboxylic acids is 1. The zero-order valence-electron chi connectivity index (χ0n) is 9.70. The number of hydrogen-bond acceptors (Lipinski definition) is 3. The molecule has 1 N–H and O–H groups in total. The van der Waals surface area contributed by atoms with Gasteiger partial charge in [0.1, 0.15) is 0 Å². The van der Waals surface area contributed by atoms with Crippen molar-refractivity contribution < 1.29 is 9.90 Å². The second-order valence-electron chi connectivity index (χ2n) is 4.33. The van der Waals surface area contributed by atoms with Crippen molar-refractivity contribution in [1.29, 1.82) is 0 Å². The Morgan fingerprint density at radius 2 is 2.12 bits per heavy atom. The Morgan fingerprint density at radius 3 is 2.62 bits per heavy atom. The molecule has 4 heteroatoms. The number of para-hydroxylation sites is 1. The number of hydrogen-bond donors (Lipinski definition) is 1. The second-order valence-corrected chi connectivity index (χ2v) is 4.73. The van der Waals surface area contributed by atoms with Crippen molar-refractivity contribution in [2.24, 2.45) is 0 Å². The van der Waals surface area contributed by atoms with E-state index < -0.39 is 5.54 Å². The maximum atomic E-state index is 11.0. The lowest BCUT2D eigenvalue weighted by atomic mass is 10.0. The van der Waals surface area contributed by atoms with Crippen LogP contribution in [0, 0.1) is 0 Å². The van der Waals surface area contributed by atoms with Gasteiger partial charge in [0, 0.05) is 12.6 Å². The summed E-state index contributed by atoms with van der Waals surface area (Å²) in [7, 11) is 1.81. The molecule has 0 saturated heterocycles. The topological polar surface area (TPSA) is 40.5 Å². The summed E-state index contributed by atoms with van der Waals surface area (Å²) in [6.45, 7) is 3.74. The van der Waals surface area contributed by atoms with Gasteiger partial charge in [-0.25, -0.2) is 0 Å². The summed E-state index contributed by atoms with van der Waals surface area (Å²) in [4.78, 5) is 12.8. The molecule has 1 aromatic carbocycles. The molecule has 16 heavy (non-hydrogen) atoms. The van der Waals surface area contributed by atoms with E-state index in [-0.39, 0.29) is 6.61 Å². The molecule has 0 amide bonds. The maximum Gasteiger partial charge on any atom is 0.152 e. The van der Waals surface area contributed by atoms with Crippen LogP contribution in [-0.4, -0.2) is 30.6 Å². The van der Waals surface area contributed by atoms with Crippen molar-refractivity contribution >= 4 is 23.6 Å². The van der Waals surface area contributed by atoms with Gasteiger partial charge in [-0.05, 0) is 26.0 Å². The number of likely N-dealkylation sites (N-methyl/N-ethyl adjacent to an activating group) is 1. The van der Waals surface area contributed by atoms with Crippen LogP contribution in [0.5, 0.6) is 0 Å². The maximum absolute atomic E-state index is 11.0. The van der Waals surface area contributed by atoms with E-state index in [4.69, 9.17) is 11.6 Å². The van der Waals surface area contributed by atoms with E-state index in [9.17, 15) is 9.90 Å². The number of halogens is 1. The number of benzene rings is 1. The number of nitrogens with zero attached hydrogens (tertiary/aromatic N) is 1. The Balaban J connectivity index is 3.27. The molecule has 1 rings (SSSR count). The van der Waals surface area contributed by atoms with Gasteiger partial charge in [0.25, 0.3) is 0 Å². The Hall–Kier alpha value is -1.06. The minimum absolute atomic E-state index is 0.0208. The van der Waals surface area contributed by atoms with Gasteiger partial charge >= 0.3 is 0 Å². The third kappa shape index (κ3) is 2.36. The average molecular weight is 242 g/mol. The number of rotatable bonds is 4. The molecular formula is C12H16ClNO2. The summed E-state index contributed by atoms with van der Waals surface area (Å²) in [5.41, 5.74) is 0.706. The highest BCUT2D eigenvalue weighted by Gasteiger charge is 2.25. The summed E-state index contributed by atoms with van der Waals surface area (Å²) in [5, 5.41) is 9.82. The first-order chi connectivity index (χ1) is 7.44. The molecule has 0 radical (unpaired) electrons. The largest absolute Gasteiger partial charge is 0.394 e. The lowest BCUT2D eigenvalue weighted by Crippen LogP contribution is -2.45. The van der Waals surface area contributed by atoms with E-state index in [0.717, 1.165) is 6.29 Å². The molecule has 0 atom stereocenters. The van der Waals surface area contributed by atoms with Crippen LogP contribution in [0.2, 0.25) is 5.02 Å². The SMILES string of the molecule is CN(c1c(Cl)cccc1C=O)C(C)(C)CO. The molecule has 1 aromatic rings. The quantitative estimate of drug-likeness (QED) is 0.823. The average Bonchev–Trinajstić information content (AvgIpc) is 2.27. The highest BCUT2D eigenvalue weighted by Crippen LogP contribution is 2.32. The zero-order valence-corrected chi connectivity index (χ0v) is 10.5. The molecule has 0 heterocycles. The third-order valence-corrected chi connectivity index (χ3v) is 3.08. The smallest absolute Gasteiger partial charge is 0.152 e. The van der Waals surface area contributed by atoms with Crippen LogP contribution in [0.25, 0.3) is 0 Å². The van der Waals surface area contributed by atoms with E-state index in [0.29, 0.717) is 16.3 Å². The van der Waals surface area contributed by atoms with Crippen LogP contribution in [0.15, 0.2) is 18.2 Å². The number of carbonyl (C=O) groups is 1. The van der Waals surface area contributed by atoms with Crippen LogP contribution < -0.4 is 4.90 Å². The van der Waals surface area contributed by atoms with Gasteiger partial charge < -0.3 is 10.0 Å². The van der Waals surface area contributed by atoms with Crippen LogP contribution in [-0.2, 0) is 0 Å². The monoisotopic (exact) mass is 241 g/mol. The van der Waals surface area contributed by atoms with Crippen molar-refractivity contribution in [3.63, 3.8) is 0 Å². The first-order valence-corrected chi connectivity index (χ1v) is 5.40. The van der Waals surface area contributed by atoms with Gasteiger partial charge in [-0.3, -0.25) is 4.79 Å². The summed E-state index contributed by atoms with van der Waals surface area (Å²) in [5.74, 6) is 0. The molecule has 0 aliphatic carbocycles. The highest BCUT2D eigenvalue weighted by atomic mass is 35.5. The molecule has 0 aliphatic heterocycles. The molecule has 0 unspecified atom stereocenters. The molecular weight excluding hydrogens is 226 g/mol. The van der Waals surface area contributed by atoms with Crippen LogP contribution in [0.3, 0.4) is 0 Å². The van der Waals surface area contributed by atoms with Crippen LogP contribution >= 0.6 is 11.6 Å². The molecule has 0 spiro atoms. The van der Waals surface area contributed by atoms with Crippen LogP contribution in [0.4, 0.5) is 5.69 Å². The standard InChI is InChI=1S/C12H16ClNO2/c1-12(2,8-16)14(3)11-9(7-15)5-4-6-10(11)13/h4-7,16H,8H2,1-3H3. The van der Waals surface area contributed by atoms with E-state index in [1.807, 2.05) is 25.8 Å². The predicted octanol–water partition coefficient (Wildman–Crippen LogP) is 2.36. The summed E-state index contributed by atoms with van der Waals surface area (Å²) in [6, 6.07) is 5.17. The Labute approximate surface area is 101 Å². The second kappa shape index (κ2) is 4.85. The first kappa shape index (κ1) is 13.0. The Kier molecular flexibility index (Phi) is 3.94. The minimum Gasteiger partial charge on any atom is -0.394 e. The zero-order chi connectivity index (χ0) is 12.3. The van der Waals surface area contributed by atoms with Crippen molar-refractivity contribution in [3.8, 4) is 0 Å². The summed E-state index contributed by atoms with van der Waals surface area (Å²) >= 11 is 6.08. The van der Waals surface area contributed by atoms with Gasteiger partial charge in [-0.2, -0.15) is 0 Å². The molecule has 0 aromatic heterocycles. The van der Waals surface area contributed by atoms with Crippen molar-refractivity contribution in [2.75, 3.05) is 18.6 Å². The van der Waals surface area contributed by atoms with E-state index in [2.05, 4.69) is 0 Å². The fourth-order valence-electron chi connectivity index (χ4n) is 1.39. The predicted molar refractivity (Wildman–Crippen MR) is 66.4 cm³/mol. The van der Waals surface area contributed by atoms with Crippen LogP contribution in [0.1, 0.15) is 24.2 Å². The molecule has 3 nitrogen and oxygen atoms in total. The van der Waals surface area contributed by atoms with E-state index in [1.165, 1.54) is 0 Å². The molecule has 0 fully saturated rings. The Morgan fingerprint density at radius 1 is 1.50 bits per heavy atom. The lowest BCUT2D eigenvalue weighted by Gasteiger charge is -2.37. The fraction of sp³-hybridized carbons (Fsp3) is 0.417.